The van der Waals surface area contributed by atoms with Crippen LogP contribution in [0.5, 0.6) is 0 Å². The number of anilines is 3. The van der Waals surface area contributed by atoms with Crippen LogP contribution in [0.15, 0.2) is 30.5 Å². The number of carbonyl (C=O) groups excluding carboxylic acids is 2. The Hall–Kier alpha value is -4.02. The molecule has 0 atom stereocenters. The van der Waals surface area contributed by atoms with Gasteiger partial charge >= 0.3 is 0 Å². The third-order valence-corrected chi connectivity index (χ3v) is 5.19. The molecule has 0 aliphatic carbocycles. The third kappa shape index (κ3) is 4.60. The molecule has 3 aromatic rings. The number of piperidine rings is 1. The molecule has 0 bridgehead atoms. The maximum absolute atomic E-state index is 12.7. The minimum Gasteiger partial charge on any atom is -0.382 e. The highest BCUT2D eigenvalue weighted by atomic mass is 16.2. The van der Waals surface area contributed by atoms with Crippen molar-refractivity contribution in [2.24, 2.45) is 0 Å². The summed E-state index contributed by atoms with van der Waals surface area (Å²) in [6.45, 7) is 1.67. The molecule has 160 valence electrons. The summed E-state index contributed by atoms with van der Waals surface area (Å²) in [5.41, 5.74) is 14.3. The lowest BCUT2D eigenvalue weighted by molar-refractivity contribution is -0.110. The quantitative estimate of drug-likeness (QED) is 0.416. The first kappa shape index (κ1) is 20.3. The Bertz CT molecular complexity index is 1100. The number of likely N-dealkylation sites (tertiary alicyclic amines) is 1. The maximum atomic E-state index is 12.7. The Morgan fingerprint density at radius 1 is 1.13 bits per heavy atom. The van der Waals surface area contributed by atoms with Crippen LogP contribution in [-0.2, 0) is 11.3 Å². The first-order valence-corrected chi connectivity index (χ1v) is 9.91. The van der Waals surface area contributed by atoms with E-state index in [1.807, 2.05) is 17.0 Å². The summed E-state index contributed by atoms with van der Waals surface area (Å²) in [5.74, 6) is 0.235. The predicted molar refractivity (Wildman–Crippen MR) is 116 cm³/mol. The first-order chi connectivity index (χ1) is 15.0. The lowest BCUT2D eigenvalue weighted by atomic mass is 10.0. The second-order valence-corrected chi connectivity index (χ2v) is 7.28. The second-order valence-electron chi connectivity index (χ2n) is 7.28. The van der Waals surface area contributed by atoms with Gasteiger partial charge in [0.1, 0.15) is 0 Å². The van der Waals surface area contributed by atoms with Gasteiger partial charge in [0.2, 0.25) is 12.4 Å². The largest absolute Gasteiger partial charge is 0.382 e. The molecule has 0 spiro atoms. The molecule has 1 fully saturated rings. The number of rotatable bonds is 6. The highest BCUT2D eigenvalue weighted by Gasteiger charge is 2.23. The predicted octanol–water partition coefficient (Wildman–Crippen LogP) is 0.547. The monoisotopic (exact) mass is 421 g/mol. The van der Waals surface area contributed by atoms with E-state index in [1.54, 1.807) is 18.3 Å². The number of hydrogen-bond acceptors (Lipinski definition) is 9. The fraction of sp³-hybridized carbons (Fsp3) is 0.300. The van der Waals surface area contributed by atoms with E-state index in [2.05, 4.69) is 30.6 Å². The van der Waals surface area contributed by atoms with Gasteiger partial charge in [0.25, 0.3) is 5.91 Å². The van der Waals surface area contributed by atoms with E-state index in [-0.39, 0.29) is 23.7 Å². The molecule has 0 saturated carbocycles. The summed E-state index contributed by atoms with van der Waals surface area (Å²) in [6, 6.07) is 7.43. The summed E-state index contributed by atoms with van der Waals surface area (Å²) >= 11 is 0. The van der Waals surface area contributed by atoms with Gasteiger partial charge in [-0.3, -0.25) is 9.59 Å². The van der Waals surface area contributed by atoms with E-state index in [4.69, 9.17) is 11.5 Å². The zero-order valence-electron chi connectivity index (χ0n) is 16.8. The van der Waals surface area contributed by atoms with Gasteiger partial charge in [0, 0.05) is 30.4 Å². The Kier molecular flexibility index (Phi) is 5.74. The fourth-order valence-corrected chi connectivity index (χ4v) is 3.52. The molecule has 1 aromatic carbocycles. The zero-order chi connectivity index (χ0) is 21.8. The van der Waals surface area contributed by atoms with Crippen molar-refractivity contribution in [3.8, 4) is 0 Å². The van der Waals surface area contributed by atoms with Crippen LogP contribution < -0.4 is 22.1 Å². The molecule has 31 heavy (non-hydrogen) atoms. The number of benzene rings is 1. The smallest absolute Gasteiger partial charge is 0.253 e. The van der Waals surface area contributed by atoms with Crippen molar-refractivity contribution in [1.29, 1.82) is 0 Å². The van der Waals surface area contributed by atoms with Gasteiger partial charge in [-0.2, -0.15) is 9.97 Å². The van der Waals surface area contributed by atoms with E-state index < -0.39 is 0 Å². The van der Waals surface area contributed by atoms with Crippen LogP contribution in [-0.4, -0.2) is 56.3 Å². The summed E-state index contributed by atoms with van der Waals surface area (Å²) in [5, 5.41) is 6.03. The van der Waals surface area contributed by atoms with E-state index in [9.17, 15) is 9.59 Å². The van der Waals surface area contributed by atoms with E-state index >= 15 is 0 Å². The molecule has 4 rings (SSSR count). The van der Waals surface area contributed by atoms with Crippen LogP contribution in [0.3, 0.4) is 0 Å². The second kappa shape index (κ2) is 8.78. The normalized spacial score (nSPS) is 14.4. The summed E-state index contributed by atoms with van der Waals surface area (Å²) < 4.78 is 0. The van der Waals surface area contributed by atoms with Crippen LogP contribution in [0, 0.1) is 0 Å². The highest BCUT2D eigenvalue weighted by molar-refractivity contribution is 5.94. The summed E-state index contributed by atoms with van der Waals surface area (Å²) in [6.07, 6.45) is 3.84. The van der Waals surface area contributed by atoms with Crippen molar-refractivity contribution in [2.45, 2.75) is 25.4 Å². The van der Waals surface area contributed by atoms with Crippen LogP contribution >= 0.6 is 0 Å². The number of fused-ring (bicyclic) bond motifs is 1. The van der Waals surface area contributed by atoms with E-state index in [1.165, 1.54) is 0 Å². The maximum Gasteiger partial charge on any atom is 0.253 e. The van der Waals surface area contributed by atoms with Crippen molar-refractivity contribution in [3.63, 3.8) is 0 Å². The Balaban J connectivity index is 1.36. The number of carbonyl (C=O) groups is 2. The topological polar surface area (TPSA) is 165 Å². The zero-order valence-corrected chi connectivity index (χ0v) is 16.8. The molecule has 11 nitrogen and oxygen atoms in total. The average Bonchev–Trinajstić information content (AvgIpc) is 2.78. The molecule has 2 amide bonds. The number of aromatic nitrogens is 4. The SMILES string of the molecule is Nc1nc(N)c2nc(CNc3ccc(C(=O)N4CCC(NC=O)CC4)cc3)cnc2n1. The third-order valence-electron chi connectivity index (χ3n) is 5.19. The van der Waals surface area contributed by atoms with Crippen molar-refractivity contribution >= 4 is 40.9 Å². The number of nitrogen functional groups attached to an aromatic ring is 2. The van der Waals surface area contributed by atoms with Crippen LogP contribution in [0.1, 0.15) is 28.9 Å². The van der Waals surface area contributed by atoms with Crippen molar-refractivity contribution < 1.29 is 9.59 Å². The number of nitrogens with one attached hydrogen (secondary N) is 2. The Labute approximate surface area is 178 Å². The van der Waals surface area contributed by atoms with Crippen molar-refractivity contribution in [1.82, 2.24) is 30.2 Å². The Morgan fingerprint density at radius 2 is 1.87 bits per heavy atom. The summed E-state index contributed by atoms with van der Waals surface area (Å²) in [7, 11) is 0. The molecule has 3 heterocycles. The standard InChI is InChI=1S/C20H23N9O2/c21-17-16-18(28-20(22)27-17)24-10-15(26-16)9-23-13-3-1-12(2-4-13)19(31)29-7-5-14(6-8-29)25-11-30/h1-4,10-11,14,23H,5-9H2,(H,25,30)(H4,21,22,24,27,28). The molecule has 1 saturated heterocycles. The molecule has 11 heteroatoms. The number of nitrogens with zero attached hydrogens (tertiary/aromatic N) is 5. The highest BCUT2D eigenvalue weighted by Crippen LogP contribution is 2.18. The van der Waals surface area contributed by atoms with Gasteiger partial charge in [-0.1, -0.05) is 0 Å². The van der Waals surface area contributed by atoms with Crippen LogP contribution in [0.25, 0.3) is 11.2 Å². The van der Waals surface area contributed by atoms with E-state index in [0.29, 0.717) is 42.1 Å². The van der Waals surface area contributed by atoms with Gasteiger partial charge in [0.05, 0.1) is 18.4 Å². The van der Waals surface area contributed by atoms with Gasteiger partial charge in [-0.25, -0.2) is 9.97 Å². The van der Waals surface area contributed by atoms with Crippen molar-refractivity contribution in [3.05, 3.63) is 41.7 Å². The van der Waals surface area contributed by atoms with Gasteiger partial charge in [-0.15, -0.1) is 0 Å². The van der Waals surface area contributed by atoms with Crippen LogP contribution in [0.4, 0.5) is 17.5 Å². The van der Waals surface area contributed by atoms with Gasteiger partial charge < -0.3 is 27.0 Å². The van der Waals surface area contributed by atoms with Crippen molar-refractivity contribution in [2.75, 3.05) is 29.9 Å². The lowest BCUT2D eigenvalue weighted by Crippen LogP contribution is -2.44. The minimum absolute atomic E-state index is 0.00810. The molecule has 6 N–H and O–H groups in total. The number of nitrogens with two attached hydrogens (primary N) is 2. The number of hydrogen-bond donors (Lipinski definition) is 4. The fourth-order valence-electron chi connectivity index (χ4n) is 3.52. The van der Waals surface area contributed by atoms with Crippen LogP contribution in [0.2, 0.25) is 0 Å². The first-order valence-electron chi connectivity index (χ1n) is 9.91. The minimum atomic E-state index is -0.00810. The molecule has 2 aromatic heterocycles. The average molecular weight is 421 g/mol. The Morgan fingerprint density at radius 3 is 2.58 bits per heavy atom. The molecule has 0 radical (unpaired) electrons. The molecular formula is C20H23N9O2. The lowest BCUT2D eigenvalue weighted by Gasteiger charge is -2.31. The molecule has 0 unspecified atom stereocenters. The van der Waals surface area contributed by atoms with E-state index in [0.717, 1.165) is 24.9 Å². The number of amides is 2. The molecule has 1 aliphatic heterocycles. The van der Waals surface area contributed by atoms with Gasteiger partial charge in [0.15, 0.2) is 17.0 Å². The van der Waals surface area contributed by atoms with Gasteiger partial charge in [-0.05, 0) is 37.1 Å². The molecule has 1 aliphatic rings. The summed E-state index contributed by atoms with van der Waals surface area (Å²) in [4.78, 5) is 41.7. The molecular weight excluding hydrogens is 398 g/mol.